The molecule has 0 bridgehead atoms. The van der Waals surface area contributed by atoms with Gasteiger partial charge in [-0.25, -0.2) is 4.52 Å². The zero-order valence-electron chi connectivity index (χ0n) is 8.85. The van der Waals surface area contributed by atoms with Crippen LogP contribution in [-0.2, 0) is 6.18 Å². The SMILES string of the molecule is FC(F)(F)c1nc2scc(-c3ccccc3)n2n1. The highest BCUT2D eigenvalue weighted by Gasteiger charge is 2.36. The average molecular weight is 269 g/mol. The predicted molar refractivity (Wildman–Crippen MR) is 61.3 cm³/mol. The minimum absolute atomic E-state index is 0.237. The number of fused-ring (bicyclic) bond motifs is 1. The maximum Gasteiger partial charge on any atom is 0.453 e. The molecule has 1 aromatic carbocycles. The molecule has 0 fully saturated rings. The number of thiazole rings is 1. The number of rotatable bonds is 1. The van der Waals surface area contributed by atoms with Crippen molar-refractivity contribution in [2.75, 3.05) is 0 Å². The molecule has 2 heterocycles. The van der Waals surface area contributed by atoms with E-state index in [0.29, 0.717) is 5.69 Å². The summed E-state index contributed by atoms with van der Waals surface area (Å²) in [7, 11) is 0. The minimum Gasteiger partial charge on any atom is -0.203 e. The molecule has 0 aliphatic rings. The summed E-state index contributed by atoms with van der Waals surface area (Å²) in [6.45, 7) is 0. The van der Waals surface area contributed by atoms with E-state index in [2.05, 4.69) is 10.1 Å². The Kier molecular flexibility index (Phi) is 2.37. The molecule has 0 atom stereocenters. The first-order valence-corrected chi connectivity index (χ1v) is 5.90. The Bertz CT molecular complexity index is 684. The van der Waals surface area contributed by atoms with Gasteiger partial charge in [0.25, 0.3) is 5.82 Å². The summed E-state index contributed by atoms with van der Waals surface area (Å²) in [5, 5.41) is 5.25. The lowest BCUT2D eigenvalue weighted by Gasteiger charge is -1.99. The van der Waals surface area contributed by atoms with Crippen molar-refractivity contribution in [2.24, 2.45) is 0 Å². The third kappa shape index (κ3) is 1.76. The van der Waals surface area contributed by atoms with Crippen LogP contribution in [0.5, 0.6) is 0 Å². The van der Waals surface area contributed by atoms with Gasteiger partial charge in [0, 0.05) is 10.9 Å². The summed E-state index contributed by atoms with van der Waals surface area (Å²) in [6, 6.07) is 9.11. The van der Waals surface area contributed by atoms with Gasteiger partial charge < -0.3 is 0 Å². The largest absolute Gasteiger partial charge is 0.453 e. The van der Waals surface area contributed by atoms with E-state index in [0.717, 1.165) is 16.9 Å². The first-order chi connectivity index (χ1) is 8.55. The number of halogens is 3. The van der Waals surface area contributed by atoms with Crippen molar-refractivity contribution in [1.29, 1.82) is 0 Å². The Balaban J connectivity index is 2.18. The van der Waals surface area contributed by atoms with Gasteiger partial charge in [-0.3, -0.25) is 0 Å². The molecule has 3 rings (SSSR count). The molecular weight excluding hydrogens is 263 g/mol. The van der Waals surface area contributed by atoms with Gasteiger partial charge >= 0.3 is 6.18 Å². The van der Waals surface area contributed by atoms with E-state index in [4.69, 9.17) is 0 Å². The first kappa shape index (κ1) is 11.2. The fraction of sp³-hybridized carbons (Fsp3) is 0.0909. The third-order valence-corrected chi connectivity index (χ3v) is 3.22. The monoisotopic (exact) mass is 269 g/mol. The van der Waals surface area contributed by atoms with Crippen molar-refractivity contribution in [3.05, 3.63) is 41.5 Å². The van der Waals surface area contributed by atoms with Gasteiger partial charge in [0.2, 0.25) is 4.96 Å². The molecule has 0 unspecified atom stereocenters. The maximum atomic E-state index is 12.5. The Morgan fingerprint density at radius 3 is 2.50 bits per heavy atom. The quantitative estimate of drug-likeness (QED) is 0.677. The van der Waals surface area contributed by atoms with Crippen LogP contribution in [0, 0.1) is 0 Å². The van der Waals surface area contributed by atoms with Gasteiger partial charge in [-0.1, -0.05) is 30.3 Å². The number of aromatic nitrogens is 3. The van der Waals surface area contributed by atoms with Crippen LogP contribution in [0.25, 0.3) is 16.2 Å². The van der Waals surface area contributed by atoms with Gasteiger partial charge in [0.05, 0.1) is 5.69 Å². The molecule has 0 spiro atoms. The van der Waals surface area contributed by atoms with Gasteiger partial charge in [0.15, 0.2) is 0 Å². The fourth-order valence-corrected chi connectivity index (χ4v) is 2.44. The van der Waals surface area contributed by atoms with Crippen molar-refractivity contribution < 1.29 is 13.2 Å². The molecule has 3 nitrogen and oxygen atoms in total. The summed E-state index contributed by atoms with van der Waals surface area (Å²) in [5.41, 5.74) is 1.42. The van der Waals surface area contributed by atoms with E-state index in [1.54, 1.807) is 5.38 Å². The Labute approximate surface area is 104 Å². The van der Waals surface area contributed by atoms with Crippen LogP contribution in [0.15, 0.2) is 35.7 Å². The molecule has 0 aliphatic heterocycles. The van der Waals surface area contributed by atoms with E-state index in [-0.39, 0.29) is 4.96 Å². The molecule has 0 aliphatic carbocycles. The summed E-state index contributed by atoms with van der Waals surface area (Å²) >= 11 is 1.14. The van der Waals surface area contributed by atoms with Gasteiger partial charge in [-0.15, -0.1) is 16.4 Å². The van der Waals surface area contributed by atoms with Crippen LogP contribution in [0.2, 0.25) is 0 Å². The Morgan fingerprint density at radius 1 is 1.11 bits per heavy atom. The smallest absolute Gasteiger partial charge is 0.203 e. The molecule has 0 amide bonds. The molecule has 7 heteroatoms. The first-order valence-electron chi connectivity index (χ1n) is 5.02. The third-order valence-electron chi connectivity index (χ3n) is 2.40. The number of hydrogen-bond acceptors (Lipinski definition) is 3. The highest BCUT2D eigenvalue weighted by Crippen LogP contribution is 2.30. The standard InChI is InChI=1S/C11H6F3N3S/c12-11(13,14)9-15-10-17(16-9)8(6-18-10)7-4-2-1-3-5-7/h1-6H. The summed E-state index contributed by atoms with van der Waals surface area (Å²) in [4.78, 5) is 3.71. The molecule has 0 N–H and O–H groups in total. The lowest BCUT2D eigenvalue weighted by molar-refractivity contribution is -0.144. The molecule has 18 heavy (non-hydrogen) atoms. The molecular formula is C11H6F3N3S. The molecule has 0 radical (unpaired) electrons. The number of hydrogen-bond donors (Lipinski definition) is 0. The normalized spacial score (nSPS) is 12.2. The lowest BCUT2D eigenvalue weighted by atomic mass is 10.2. The van der Waals surface area contributed by atoms with Crippen molar-refractivity contribution in [3.63, 3.8) is 0 Å². The number of nitrogens with zero attached hydrogens (tertiary/aromatic N) is 3. The van der Waals surface area contributed by atoms with Crippen molar-refractivity contribution in [1.82, 2.24) is 14.6 Å². The summed E-state index contributed by atoms with van der Waals surface area (Å²) in [6.07, 6.45) is -4.51. The number of alkyl halides is 3. The molecule has 3 aromatic rings. The van der Waals surface area contributed by atoms with Gasteiger partial charge in [-0.2, -0.15) is 18.2 Å². The van der Waals surface area contributed by atoms with E-state index in [9.17, 15) is 13.2 Å². The summed E-state index contributed by atoms with van der Waals surface area (Å²) in [5.74, 6) is -1.11. The lowest BCUT2D eigenvalue weighted by Crippen LogP contribution is -2.07. The van der Waals surface area contributed by atoms with Gasteiger partial charge in [-0.05, 0) is 0 Å². The Hall–Kier alpha value is -1.89. The van der Waals surface area contributed by atoms with Crippen molar-refractivity contribution in [3.8, 4) is 11.3 Å². The Morgan fingerprint density at radius 2 is 1.83 bits per heavy atom. The van der Waals surface area contributed by atoms with E-state index in [1.165, 1.54) is 4.52 Å². The summed E-state index contributed by atoms with van der Waals surface area (Å²) < 4.78 is 38.7. The van der Waals surface area contributed by atoms with E-state index < -0.39 is 12.0 Å². The second-order valence-electron chi connectivity index (χ2n) is 3.61. The van der Waals surface area contributed by atoms with Crippen molar-refractivity contribution >= 4 is 16.3 Å². The van der Waals surface area contributed by atoms with Crippen LogP contribution < -0.4 is 0 Å². The van der Waals surface area contributed by atoms with Crippen LogP contribution in [0.3, 0.4) is 0 Å². The molecule has 0 saturated carbocycles. The van der Waals surface area contributed by atoms with Crippen LogP contribution in [-0.4, -0.2) is 14.6 Å². The van der Waals surface area contributed by atoms with Crippen LogP contribution in [0.1, 0.15) is 5.82 Å². The number of benzene rings is 1. The second-order valence-corrected chi connectivity index (χ2v) is 4.45. The zero-order valence-corrected chi connectivity index (χ0v) is 9.66. The second kappa shape index (κ2) is 3.81. The highest BCUT2D eigenvalue weighted by molar-refractivity contribution is 7.15. The average Bonchev–Trinajstić information content (AvgIpc) is 2.88. The highest BCUT2D eigenvalue weighted by atomic mass is 32.1. The van der Waals surface area contributed by atoms with Gasteiger partial charge in [0.1, 0.15) is 0 Å². The maximum absolute atomic E-state index is 12.5. The van der Waals surface area contributed by atoms with E-state index >= 15 is 0 Å². The molecule has 2 aromatic heterocycles. The fourth-order valence-electron chi connectivity index (χ4n) is 1.61. The van der Waals surface area contributed by atoms with Crippen molar-refractivity contribution in [2.45, 2.75) is 6.18 Å². The van der Waals surface area contributed by atoms with Crippen LogP contribution in [0.4, 0.5) is 13.2 Å². The topological polar surface area (TPSA) is 30.2 Å². The molecule has 92 valence electrons. The zero-order chi connectivity index (χ0) is 12.8. The molecule has 0 saturated heterocycles. The predicted octanol–water partition coefficient (Wildman–Crippen LogP) is 3.48. The van der Waals surface area contributed by atoms with E-state index in [1.807, 2.05) is 30.3 Å². The minimum atomic E-state index is -4.51. The van der Waals surface area contributed by atoms with Crippen LogP contribution >= 0.6 is 11.3 Å².